The molecule has 8 heteroatoms. The van der Waals surface area contributed by atoms with Crippen LogP contribution < -0.4 is 11.1 Å². The molecule has 20 heavy (non-hydrogen) atoms. The van der Waals surface area contributed by atoms with Crippen LogP contribution >= 0.6 is 11.8 Å². The molecule has 0 spiro atoms. The predicted molar refractivity (Wildman–Crippen MR) is 76.5 cm³/mol. The topological polar surface area (TPSA) is 113 Å². The number of thioether (sulfide) groups is 1. The zero-order valence-corrected chi connectivity index (χ0v) is 12.3. The van der Waals surface area contributed by atoms with Crippen LogP contribution in [0.25, 0.3) is 0 Å². The van der Waals surface area contributed by atoms with Crippen LogP contribution in [0.3, 0.4) is 0 Å². The maximum absolute atomic E-state index is 12.4. The van der Waals surface area contributed by atoms with Gasteiger partial charge in [-0.1, -0.05) is 0 Å². The molecule has 1 rings (SSSR count). The number of nitrogens with zero attached hydrogens (tertiary/aromatic N) is 1. The van der Waals surface area contributed by atoms with Gasteiger partial charge in [-0.25, -0.2) is 4.79 Å². The number of hydrogen-bond donors (Lipinski definition) is 3. The van der Waals surface area contributed by atoms with Crippen molar-refractivity contribution in [1.82, 2.24) is 10.2 Å². The number of carboxylic acid groups (broad SMARTS) is 1. The molecule has 0 bridgehead atoms. The van der Waals surface area contributed by atoms with Crippen molar-refractivity contribution in [3.8, 4) is 0 Å². The van der Waals surface area contributed by atoms with E-state index in [1.165, 1.54) is 0 Å². The minimum absolute atomic E-state index is 0.0892. The lowest BCUT2D eigenvalue weighted by molar-refractivity contribution is -0.139. The third-order valence-electron chi connectivity index (χ3n) is 3.06. The zero-order chi connectivity index (χ0) is 15.1. The second kappa shape index (κ2) is 7.98. The molecule has 0 heterocycles. The summed E-state index contributed by atoms with van der Waals surface area (Å²) in [6.07, 6.45) is 4.08. The highest BCUT2D eigenvalue weighted by Gasteiger charge is 2.36. The average Bonchev–Trinajstić information content (AvgIpc) is 3.18. The SMILES string of the molecule is CSCCC(NC(N)=O)C(=O)N(CCC(=O)O)C1CC1. The Balaban J connectivity index is 2.66. The maximum Gasteiger partial charge on any atom is 0.312 e. The summed E-state index contributed by atoms with van der Waals surface area (Å²) < 4.78 is 0. The largest absolute Gasteiger partial charge is 0.481 e. The highest BCUT2D eigenvalue weighted by Crippen LogP contribution is 2.28. The van der Waals surface area contributed by atoms with Gasteiger partial charge in [-0.15, -0.1) is 0 Å². The summed E-state index contributed by atoms with van der Waals surface area (Å²) in [5, 5.41) is 11.2. The van der Waals surface area contributed by atoms with Gasteiger partial charge in [0.15, 0.2) is 0 Å². The number of urea groups is 1. The third-order valence-corrected chi connectivity index (χ3v) is 3.71. The number of nitrogens with one attached hydrogen (secondary N) is 1. The normalized spacial score (nSPS) is 15.4. The first-order chi connectivity index (χ1) is 9.45. The molecule has 0 aromatic heterocycles. The average molecular weight is 303 g/mol. The maximum atomic E-state index is 12.4. The van der Waals surface area contributed by atoms with E-state index < -0.39 is 18.0 Å². The summed E-state index contributed by atoms with van der Waals surface area (Å²) in [5.74, 6) is -0.456. The highest BCUT2D eigenvalue weighted by atomic mass is 32.2. The van der Waals surface area contributed by atoms with Gasteiger partial charge in [0, 0.05) is 12.6 Å². The van der Waals surface area contributed by atoms with Gasteiger partial charge in [0.05, 0.1) is 6.42 Å². The van der Waals surface area contributed by atoms with Gasteiger partial charge in [-0.2, -0.15) is 11.8 Å². The lowest BCUT2D eigenvalue weighted by atomic mass is 10.2. The number of primary amides is 1. The number of amides is 3. The molecule has 0 aliphatic heterocycles. The van der Waals surface area contributed by atoms with Crippen molar-refractivity contribution in [2.24, 2.45) is 5.73 Å². The van der Waals surface area contributed by atoms with Crippen molar-refractivity contribution in [3.05, 3.63) is 0 Å². The smallest absolute Gasteiger partial charge is 0.312 e. The van der Waals surface area contributed by atoms with E-state index in [-0.39, 0.29) is 24.9 Å². The second-order valence-corrected chi connectivity index (χ2v) is 5.73. The van der Waals surface area contributed by atoms with Crippen LogP contribution in [0, 0.1) is 0 Å². The summed E-state index contributed by atoms with van der Waals surface area (Å²) in [6, 6.07) is -1.30. The van der Waals surface area contributed by atoms with E-state index in [1.807, 2.05) is 6.26 Å². The van der Waals surface area contributed by atoms with Crippen LogP contribution in [0.4, 0.5) is 4.79 Å². The summed E-state index contributed by atoms with van der Waals surface area (Å²) in [5.41, 5.74) is 5.10. The van der Waals surface area contributed by atoms with Gasteiger partial charge in [-0.3, -0.25) is 9.59 Å². The van der Waals surface area contributed by atoms with Crippen molar-refractivity contribution >= 4 is 29.7 Å². The van der Waals surface area contributed by atoms with Crippen LogP contribution in [-0.4, -0.2) is 58.6 Å². The minimum atomic E-state index is -0.938. The molecule has 4 N–H and O–H groups in total. The fourth-order valence-electron chi connectivity index (χ4n) is 1.94. The number of carbonyl (C=O) groups is 3. The number of carboxylic acids is 1. The first kappa shape index (κ1) is 16.6. The minimum Gasteiger partial charge on any atom is -0.481 e. The lowest BCUT2D eigenvalue weighted by Crippen LogP contribution is -2.51. The van der Waals surface area contributed by atoms with Gasteiger partial charge in [0.25, 0.3) is 0 Å². The Morgan fingerprint density at radius 3 is 2.55 bits per heavy atom. The van der Waals surface area contributed by atoms with Gasteiger partial charge in [0.1, 0.15) is 6.04 Å². The Hall–Kier alpha value is -1.44. The third kappa shape index (κ3) is 5.68. The lowest BCUT2D eigenvalue weighted by Gasteiger charge is -2.27. The molecule has 0 aromatic carbocycles. The van der Waals surface area contributed by atoms with E-state index in [2.05, 4.69) is 5.32 Å². The van der Waals surface area contributed by atoms with Crippen LogP contribution in [0.1, 0.15) is 25.7 Å². The van der Waals surface area contributed by atoms with E-state index in [1.54, 1.807) is 16.7 Å². The fraction of sp³-hybridized carbons (Fsp3) is 0.750. The van der Waals surface area contributed by atoms with Gasteiger partial charge >= 0.3 is 12.0 Å². The molecule has 1 saturated carbocycles. The molecular formula is C12H21N3O4S. The summed E-state index contributed by atoms with van der Waals surface area (Å²) in [6.45, 7) is 0.176. The monoisotopic (exact) mass is 303 g/mol. The molecular weight excluding hydrogens is 282 g/mol. The number of nitrogens with two attached hydrogens (primary N) is 1. The Morgan fingerprint density at radius 1 is 1.45 bits per heavy atom. The fourth-order valence-corrected chi connectivity index (χ4v) is 2.41. The molecule has 0 saturated heterocycles. The Morgan fingerprint density at radius 2 is 2.10 bits per heavy atom. The molecule has 1 aliphatic rings. The van der Waals surface area contributed by atoms with E-state index in [9.17, 15) is 14.4 Å². The van der Waals surface area contributed by atoms with E-state index in [4.69, 9.17) is 10.8 Å². The van der Waals surface area contributed by atoms with E-state index >= 15 is 0 Å². The number of carbonyl (C=O) groups excluding carboxylic acids is 2. The molecule has 3 amide bonds. The number of rotatable bonds is 9. The summed E-state index contributed by atoms with van der Waals surface area (Å²) >= 11 is 1.57. The molecule has 1 atom stereocenters. The quantitative estimate of drug-likeness (QED) is 0.565. The van der Waals surface area contributed by atoms with Gasteiger partial charge < -0.3 is 21.1 Å². The molecule has 1 unspecified atom stereocenters. The molecule has 1 aliphatic carbocycles. The standard InChI is InChI=1S/C12H21N3O4S/c1-20-7-5-9(14-12(13)19)11(18)15(8-2-3-8)6-4-10(16)17/h8-9H,2-7H2,1H3,(H,16,17)(H3,13,14,19). The van der Waals surface area contributed by atoms with E-state index in [0.717, 1.165) is 12.8 Å². The number of aliphatic carboxylic acids is 1. The molecule has 7 nitrogen and oxygen atoms in total. The molecule has 0 aromatic rings. The Bertz CT molecular complexity index is 374. The predicted octanol–water partition coefficient (Wildman–Crippen LogP) is 0.242. The zero-order valence-electron chi connectivity index (χ0n) is 11.5. The Kier molecular flexibility index (Phi) is 6.63. The van der Waals surface area contributed by atoms with Crippen LogP contribution in [-0.2, 0) is 9.59 Å². The number of hydrogen-bond acceptors (Lipinski definition) is 4. The molecule has 1 fully saturated rings. The van der Waals surface area contributed by atoms with Gasteiger partial charge in [0.2, 0.25) is 5.91 Å². The van der Waals surface area contributed by atoms with Gasteiger partial charge in [-0.05, 0) is 31.3 Å². The second-order valence-electron chi connectivity index (χ2n) is 4.75. The Labute approximate surface area is 122 Å². The van der Waals surface area contributed by atoms with Crippen LogP contribution in [0.5, 0.6) is 0 Å². The first-order valence-electron chi connectivity index (χ1n) is 6.53. The molecule has 114 valence electrons. The van der Waals surface area contributed by atoms with Crippen molar-refractivity contribution in [1.29, 1.82) is 0 Å². The highest BCUT2D eigenvalue weighted by molar-refractivity contribution is 7.98. The van der Waals surface area contributed by atoms with Crippen LogP contribution in [0.15, 0.2) is 0 Å². The summed E-state index contributed by atoms with van der Waals surface area (Å²) in [4.78, 5) is 35.6. The van der Waals surface area contributed by atoms with E-state index in [0.29, 0.717) is 12.2 Å². The first-order valence-corrected chi connectivity index (χ1v) is 7.92. The van der Waals surface area contributed by atoms with Crippen molar-refractivity contribution in [3.63, 3.8) is 0 Å². The van der Waals surface area contributed by atoms with Crippen LogP contribution in [0.2, 0.25) is 0 Å². The van der Waals surface area contributed by atoms with Crippen molar-refractivity contribution in [2.75, 3.05) is 18.6 Å². The summed E-state index contributed by atoms with van der Waals surface area (Å²) in [7, 11) is 0. The molecule has 0 radical (unpaired) electrons. The van der Waals surface area contributed by atoms with Crippen molar-refractivity contribution < 1.29 is 19.5 Å². The van der Waals surface area contributed by atoms with Crippen molar-refractivity contribution in [2.45, 2.75) is 37.8 Å².